The first-order chi connectivity index (χ1) is 16.3. The van der Waals surface area contributed by atoms with Crippen LogP contribution in [0.15, 0.2) is 77.8 Å². The average molecular weight is 475 g/mol. The first-order valence-corrected chi connectivity index (χ1v) is 11.4. The van der Waals surface area contributed by atoms with Gasteiger partial charge in [0.15, 0.2) is 5.88 Å². The maximum absolute atomic E-state index is 13.0. The van der Waals surface area contributed by atoms with Crippen molar-refractivity contribution in [2.75, 3.05) is 34.2 Å². The molecule has 0 aliphatic heterocycles. The van der Waals surface area contributed by atoms with E-state index in [1.807, 2.05) is 67.5 Å². The lowest BCUT2D eigenvalue weighted by molar-refractivity contribution is 0.0786. The molecule has 0 unspecified atom stereocenters. The van der Waals surface area contributed by atoms with Crippen molar-refractivity contribution in [1.29, 1.82) is 0 Å². The second kappa shape index (κ2) is 10.1. The van der Waals surface area contributed by atoms with Crippen molar-refractivity contribution in [2.45, 2.75) is 0 Å². The lowest BCUT2D eigenvalue weighted by atomic mass is 10.0. The van der Waals surface area contributed by atoms with Crippen molar-refractivity contribution in [1.82, 2.24) is 14.8 Å². The molecule has 0 saturated carbocycles. The second-order valence-corrected chi connectivity index (χ2v) is 8.88. The molecule has 0 bridgehead atoms. The Kier molecular flexibility index (Phi) is 7.01. The molecule has 0 aliphatic rings. The number of carbonyl (C=O) groups excluding carboxylic acids is 1. The van der Waals surface area contributed by atoms with Crippen LogP contribution < -0.4 is 0 Å². The van der Waals surface area contributed by atoms with Crippen LogP contribution in [0.2, 0.25) is 5.02 Å². The number of H-pyrrole nitrogens is 1. The number of hydrogen-bond donors (Lipinski definition) is 2. The minimum absolute atomic E-state index is 0.00974. The number of carbonyl (C=O) groups is 1. The van der Waals surface area contributed by atoms with Crippen molar-refractivity contribution in [3.05, 3.63) is 94.5 Å². The Bertz CT molecular complexity index is 1350. The Morgan fingerprint density at radius 3 is 2.41 bits per heavy atom. The monoisotopic (exact) mass is 474 g/mol. The van der Waals surface area contributed by atoms with Gasteiger partial charge in [-0.3, -0.25) is 4.79 Å². The predicted octanol–water partition coefficient (Wildman–Crippen LogP) is 5.33. The lowest BCUT2D eigenvalue weighted by Crippen LogP contribution is -2.33. The van der Waals surface area contributed by atoms with E-state index in [0.29, 0.717) is 34.1 Å². The van der Waals surface area contributed by atoms with Crippen molar-refractivity contribution in [3.63, 3.8) is 0 Å². The fourth-order valence-electron chi connectivity index (χ4n) is 3.77. The number of benzene rings is 3. The summed E-state index contributed by atoms with van der Waals surface area (Å²) in [6, 6.07) is 22.3. The SMILES string of the molecule is CN(C)CCN(C)C(=O)c1cccc(N=C(c2ccccc2)c2c(O)[nH]c3cc(Cl)ccc23)c1. The van der Waals surface area contributed by atoms with E-state index in [9.17, 15) is 9.90 Å². The highest BCUT2D eigenvalue weighted by molar-refractivity contribution is 6.31. The Morgan fingerprint density at radius 1 is 0.941 bits per heavy atom. The van der Waals surface area contributed by atoms with Crippen LogP contribution >= 0.6 is 11.6 Å². The summed E-state index contributed by atoms with van der Waals surface area (Å²) in [6.07, 6.45) is 0. The summed E-state index contributed by atoms with van der Waals surface area (Å²) < 4.78 is 0. The van der Waals surface area contributed by atoms with E-state index in [0.717, 1.165) is 23.0 Å². The fraction of sp³-hybridized carbons (Fsp3) is 0.185. The zero-order valence-electron chi connectivity index (χ0n) is 19.4. The molecule has 0 aliphatic carbocycles. The molecule has 4 aromatic rings. The number of nitrogens with one attached hydrogen (secondary N) is 1. The molecule has 7 heteroatoms. The van der Waals surface area contributed by atoms with Gasteiger partial charge in [-0.15, -0.1) is 0 Å². The molecule has 1 aromatic heterocycles. The molecule has 34 heavy (non-hydrogen) atoms. The second-order valence-electron chi connectivity index (χ2n) is 8.45. The molecule has 6 nitrogen and oxygen atoms in total. The molecular formula is C27H27ClN4O2. The van der Waals surface area contributed by atoms with Crippen LogP contribution in [0, 0.1) is 0 Å². The Balaban J connectivity index is 1.79. The Morgan fingerprint density at radius 2 is 1.68 bits per heavy atom. The first kappa shape index (κ1) is 23.5. The minimum atomic E-state index is -0.0651. The van der Waals surface area contributed by atoms with E-state index in [4.69, 9.17) is 16.6 Å². The molecule has 0 fully saturated rings. The van der Waals surface area contributed by atoms with Gasteiger partial charge in [0.1, 0.15) is 0 Å². The third-order valence-electron chi connectivity index (χ3n) is 5.59. The maximum atomic E-state index is 13.0. The van der Waals surface area contributed by atoms with E-state index in [1.165, 1.54) is 0 Å². The number of aromatic nitrogens is 1. The minimum Gasteiger partial charge on any atom is -0.494 e. The lowest BCUT2D eigenvalue weighted by Gasteiger charge is -2.19. The van der Waals surface area contributed by atoms with Crippen LogP contribution in [0.5, 0.6) is 5.88 Å². The summed E-state index contributed by atoms with van der Waals surface area (Å²) in [5.74, 6) is -0.0553. The van der Waals surface area contributed by atoms with E-state index < -0.39 is 0 Å². The summed E-state index contributed by atoms with van der Waals surface area (Å²) >= 11 is 6.15. The Labute approximate surface area is 204 Å². The number of nitrogens with zero attached hydrogens (tertiary/aromatic N) is 3. The zero-order valence-corrected chi connectivity index (χ0v) is 20.2. The van der Waals surface area contributed by atoms with E-state index in [-0.39, 0.29) is 11.8 Å². The van der Waals surface area contributed by atoms with Crippen molar-refractivity contribution >= 4 is 39.8 Å². The molecule has 0 atom stereocenters. The largest absolute Gasteiger partial charge is 0.494 e. The van der Waals surface area contributed by atoms with Gasteiger partial charge < -0.3 is 19.9 Å². The summed E-state index contributed by atoms with van der Waals surface area (Å²) in [4.78, 5) is 24.6. The number of halogens is 1. The molecule has 0 spiro atoms. The van der Waals surface area contributed by atoms with E-state index >= 15 is 0 Å². The molecule has 1 heterocycles. The standard InChI is InChI=1S/C27H27ClN4O2/c1-31(2)14-15-32(3)27(34)19-10-7-11-21(16-19)29-25(18-8-5-4-6-9-18)24-22-13-12-20(28)17-23(22)30-26(24)33/h4-13,16-17,30,33H,14-15H2,1-3H3. The molecule has 0 saturated heterocycles. The zero-order chi connectivity index (χ0) is 24.2. The van der Waals surface area contributed by atoms with Gasteiger partial charge in [-0.1, -0.05) is 54.1 Å². The van der Waals surface area contributed by atoms with Crippen LogP contribution in [-0.2, 0) is 0 Å². The molecule has 174 valence electrons. The third kappa shape index (κ3) is 5.14. The number of amides is 1. The number of hydrogen-bond acceptors (Lipinski definition) is 4. The highest BCUT2D eigenvalue weighted by atomic mass is 35.5. The number of aromatic amines is 1. The highest BCUT2D eigenvalue weighted by Crippen LogP contribution is 2.33. The molecule has 3 aromatic carbocycles. The van der Waals surface area contributed by atoms with Gasteiger partial charge in [-0.2, -0.15) is 0 Å². The van der Waals surface area contributed by atoms with Crippen LogP contribution in [0.3, 0.4) is 0 Å². The molecule has 2 N–H and O–H groups in total. The summed E-state index contributed by atoms with van der Waals surface area (Å²) in [6.45, 7) is 1.41. The predicted molar refractivity (Wildman–Crippen MR) is 139 cm³/mol. The quantitative estimate of drug-likeness (QED) is 0.355. The third-order valence-corrected chi connectivity index (χ3v) is 5.82. The van der Waals surface area contributed by atoms with Gasteiger partial charge in [0.2, 0.25) is 0 Å². The topological polar surface area (TPSA) is 71.9 Å². The summed E-state index contributed by atoms with van der Waals surface area (Å²) in [5.41, 5.74) is 3.91. The number of fused-ring (bicyclic) bond motifs is 1. The molecule has 1 amide bonds. The van der Waals surface area contributed by atoms with E-state index in [2.05, 4.69) is 4.98 Å². The van der Waals surface area contributed by atoms with Crippen molar-refractivity contribution < 1.29 is 9.90 Å². The van der Waals surface area contributed by atoms with Crippen LogP contribution in [0.25, 0.3) is 10.9 Å². The van der Waals surface area contributed by atoms with Gasteiger partial charge in [0, 0.05) is 41.7 Å². The van der Waals surface area contributed by atoms with Crippen molar-refractivity contribution in [3.8, 4) is 5.88 Å². The normalized spacial score (nSPS) is 11.9. The van der Waals surface area contributed by atoms with Gasteiger partial charge in [-0.05, 0) is 44.4 Å². The van der Waals surface area contributed by atoms with Crippen LogP contribution in [-0.4, -0.2) is 65.7 Å². The first-order valence-electron chi connectivity index (χ1n) is 11.0. The summed E-state index contributed by atoms with van der Waals surface area (Å²) in [7, 11) is 5.76. The number of aromatic hydroxyl groups is 1. The van der Waals surface area contributed by atoms with Crippen LogP contribution in [0.4, 0.5) is 5.69 Å². The van der Waals surface area contributed by atoms with E-state index in [1.54, 1.807) is 36.2 Å². The number of likely N-dealkylation sites (N-methyl/N-ethyl adjacent to an activating group) is 2. The summed E-state index contributed by atoms with van der Waals surface area (Å²) in [5, 5.41) is 12.2. The van der Waals surface area contributed by atoms with Crippen LogP contribution in [0.1, 0.15) is 21.5 Å². The highest BCUT2D eigenvalue weighted by Gasteiger charge is 2.19. The molecule has 4 rings (SSSR count). The average Bonchev–Trinajstić information content (AvgIpc) is 3.15. The smallest absolute Gasteiger partial charge is 0.253 e. The molecular weight excluding hydrogens is 448 g/mol. The van der Waals surface area contributed by atoms with Gasteiger partial charge in [0.25, 0.3) is 5.91 Å². The number of aliphatic imine (C=N–C) groups is 1. The fourth-order valence-corrected chi connectivity index (χ4v) is 3.94. The van der Waals surface area contributed by atoms with Crippen molar-refractivity contribution in [2.24, 2.45) is 4.99 Å². The maximum Gasteiger partial charge on any atom is 0.253 e. The van der Waals surface area contributed by atoms with Gasteiger partial charge in [0.05, 0.1) is 22.5 Å². The van der Waals surface area contributed by atoms with Gasteiger partial charge in [-0.25, -0.2) is 4.99 Å². The number of rotatable bonds is 7. The van der Waals surface area contributed by atoms with Gasteiger partial charge >= 0.3 is 0 Å². The molecule has 0 radical (unpaired) electrons. The Hall–Kier alpha value is -3.61.